The SMILES string of the molecule is c1ccc(-c2cccc(-c3cccc(-n4c5ccccc5c5ccc6c7ccccc7n(-c7ccccc7-c7nc(-c8ccccc8)nc(-c8ccccc8)n7)c6c54)c3)c2)cc1. The van der Waals surface area contributed by atoms with Gasteiger partial charge < -0.3 is 9.13 Å². The van der Waals surface area contributed by atoms with Crippen molar-refractivity contribution in [3.05, 3.63) is 224 Å². The van der Waals surface area contributed by atoms with Gasteiger partial charge in [-0.25, -0.2) is 15.0 Å². The van der Waals surface area contributed by atoms with E-state index in [4.69, 9.17) is 15.0 Å². The molecule has 0 atom stereocenters. The molecule has 5 nitrogen and oxygen atoms in total. The van der Waals surface area contributed by atoms with Crippen LogP contribution in [0.3, 0.4) is 0 Å². The normalized spacial score (nSPS) is 11.5. The zero-order valence-corrected chi connectivity index (χ0v) is 33.6. The van der Waals surface area contributed by atoms with Crippen LogP contribution in [-0.2, 0) is 0 Å². The van der Waals surface area contributed by atoms with Gasteiger partial charge in [0.2, 0.25) is 0 Å². The molecule has 5 heteroatoms. The lowest BCUT2D eigenvalue weighted by Crippen LogP contribution is -2.04. The number of aromatic nitrogens is 5. The van der Waals surface area contributed by atoms with Crippen molar-refractivity contribution in [2.24, 2.45) is 0 Å². The number of rotatable bonds is 7. The summed E-state index contributed by atoms with van der Waals surface area (Å²) in [6, 6.07) is 79.3. The standard InChI is InChI=1S/C57H37N5/c1-4-18-38(19-5-1)41-24-16-25-42(36-41)43-26-17-27-44(37-43)61-50-31-13-10-28-45(50)47-34-35-48-46-29-11-14-32-51(46)62(54(48)53(47)61)52-33-15-12-30-49(52)57-59-55(39-20-6-2-7-21-39)58-56(60-57)40-22-8-3-9-23-40/h1-37H. The molecule has 3 heterocycles. The molecule has 0 saturated heterocycles. The Morgan fingerprint density at radius 2 is 0.710 bits per heavy atom. The van der Waals surface area contributed by atoms with Crippen LogP contribution in [0.4, 0.5) is 0 Å². The number of hydrogen-bond acceptors (Lipinski definition) is 3. The van der Waals surface area contributed by atoms with Gasteiger partial charge in [-0.1, -0.05) is 182 Å². The molecule has 12 aromatic rings. The largest absolute Gasteiger partial charge is 0.307 e. The van der Waals surface area contributed by atoms with Gasteiger partial charge in [0.25, 0.3) is 0 Å². The molecule has 0 saturated carbocycles. The molecular formula is C57H37N5. The van der Waals surface area contributed by atoms with Crippen molar-refractivity contribution in [3.8, 4) is 67.8 Å². The van der Waals surface area contributed by atoms with Crippen LogP contribution in [0.5, 0.6) is 0 Å². The van der Waals surface area contributed by atoms with Gasteiger partial charge in [-0.2, -0.15) is 0 Å². The van der Waals surface area contributed by atoms with Gasteiger partial charge in [0.15, 0.2) is 17.5 Å². The van der Waals surface area contributed by atoms with Gasteiger partial charge in [0.05, 0.1) is 27.8 Å². The molecule has 9 aromatic carbocycles. The van der Waals surface area contributed by atoms with Crippen molar-refractivity contribution in [1.82, 2.24) is 24.1 Å². The molecule has 12 rings (SSSR count). The fourth-order valence-electron chi connectivity index (χ4n) is 9.14. The smallest absolute Gasteiger partial charge is 0.166 e. The Bertz CT molecular complexity index is 3570. The Labute approximate surface area is 358 Å². The summed E-state index contributed by atoms with van der Waals surface area (Å²) in [7, 11) is 0. The minimum absolute atomic E-state index is 0.609. The first-order valence-corrected chi connectivity index (χ1v) is 21.0. The summed E-state index contributed by atoms with van der Waals surface area (Å²) < 4.78 is 4.89. The van der Waals surface area contributed by atoms with Crippen molar-refractivity contribution in [1.29, 1.82) is 0 Å². The Balaban J connectivity index is 1.13. The molecule has 0 fully saturated rings. The van der Waals surface area contributed by atoms with Crippen molar-refractivity contribution in [2.45, 2.75) is 0 Å². The highest BCUT2D eigenvalue weighted by Crippen LogP contribution is 2.43. The first kappa shape index (κ1) is 35.5. The summed E-state index contributed by atoms with van der Waals surface area (Å²) in [6.07, 6.45) is 0. The summed E-state index contributed by atoms with van der Waals surface area (Å²) in [5.41, 5.74) is 14.1. The molecule has 0 radical (unpaired) electrons. The second kappa shape index (κ2) is 14.7. The Morgan fingerprint density at radius 1 is 0.274 bits per heavy atom. The molecule has 290 valence electrons. The Kier molecular flexibility index (Phi) is 8.42. The average Bonchev–Trinajstić information content (AvgIpc) is 3.88. The molecular weight excluding hydrogens is 755 g/mol. The van der Waals surface area contributed by atoms with Crippen LogP contribution < -0.4 is 0 Å². The van der Waals surface area contributed by atoms with Gasteiger partial charge in [-0.15, -0.1) is 0 Å². The zero-order valence-electron chi connectivity index (χ0n) is 33.6. The fourth-order valence-corrected chi connectivity index (χ4v) is 9.14. The number of benzene rings is 9. The van der Waals surface area contributed by atoms with E-state index in [1.165, 1.54) is 38.2 Å². The van der Waals surface area contributed by atoms with Crippen LogP contribution in [0.2, 0.25) is 0 Å². The van der Waals surface area contributed by atoms with Crippen molar-refractivity contribution in [3.63, 3.8) is 0 Å². The highest BCUT2D eigenvalue weighted by Gasteiger charge is 2.24. The summed E-state index contributed by atoms with van der Waals surface area (Å²) in [6.45, 7) is 0. The first-order chi connectivity index (χ1) is 30.8. The topological polar surface area (TPSA) is 48.5 Å². The molecule has 0 unspecified atom stereocenters. The molecule has 62 heavy (non-hydrogen) atoms. The molecule has 0 bridgehead atoms. The lowest BCUT2D eigenvalue weighted by Gasteiger charge is -2.16. The maximum absolute atomic E-state index is 5.22. The monoisotopic (exact) mass is 791 g/mol. The van der Waals surface area contributed by atoms with Crippen molar-refractivity contribution >= 4 is 43.6 Å². The van der Waals surface area contributed by atoms with Crippen LogP contribution in [0.15, 0.2) is 224 Å². The van der Waals surface area contributed by atoms with E-state index in [1.807, 2.05) is 36.4 Å². The van der Waals surface area contributed by atoms with E-state index < -0.39 is 0 Å². The van der Waals surface area contributed by atoms with Gasteiger partial charge in [0, 0.05) is 43.9 Å². The van der Waals surface area contributed by atoms with E-state index in [0.29, 0.717) is 17.5 Å². The van der Waals surface area contributed by atoms with Crippen LogP contribution in [0.1, 0.15) is 0 Å². The Hall–Kier alpha value is -8.41. The summed E-state index contributed by atoms with van der Waals surface area (Å²) in [5.74, 6) is 1.86. The lowest BCUT2D eigenvalue weighted by molar-refractivity contribution is 1.06. The summed E-state index contributed by atoms with van der Waals surface area (Å²) >= 11 is 0. The number of hydrogen-bond donors (Lipinski definition) is 0. The molecule has 0 N–H and O–H groups in total. The van der Waals surface area contributed by atoms with E-state index in [2.05, 4.69) is 197 Å². The van der Waals surface area contributed by atoms with Crippen LogP contribution in [0, 0.1) is 0 Å². The second-order valence-corrected chi connectivity index (χ2v) is 15.6. The summed E-state index contributed by atoms with van der Waals surface area (Å²) in [4.78, 5) is 15.4. The van der Waals surface area contributed by atoms with Crippen LogP contribution in [0.25, 0.3) is 111 Å². The van der Waals surface area contributed by atoms with Gasteiger partial charge in [0.1, 0.15) is 0 Å². The zero-order chi connectivity index (χ0) is 41.0. The molecule has 0 aliphatic carbocycles. The minimum Gasteiger partial charge on any atom is -0.307 e. The van der Waals surface area contributed by atoms with Crippen molar-refractivity contribution < 1.29 is 0 Å². The minimum atomic E-state index is 0.609. The molecule has 0 aliphatic heterocycles. The maximum Gasteiger partial charge on any atom is 0.166 e. The van der Waals surface area contributed by atoms with Gasteiger partial charge in [-0.3, -0.25) is 0 Å². The number of fused-ring (bicyclic) bond motifs is 7. The van der Waals surface area contributed by atoms with Crippen LogP contribution >= 0.6 is 0 Å². The Morgan fingerprint density at radius 3 is 1.34 bits per heavy atom. The van der Waals surface area contributed by atoms with E-state index in [-0.39, 0.29) is 0 Å². The van der Waals surface area contributed by atoms with Crippen LogP contribution in [-0.4, -0.2) is 24.1 Å². The van der Waals surface area contributed by atoms with E-state index in [1.54, 1.807) is 0 Å². The van der Waals surface area contributed by atoms with Gasteiger partial charge >= 0.3 is 0 Å². The fraction of sp³-hybridized carbons (Fsp3) is 0. The third kappa shape index (κ3) is 5.90. The van der Waals surface area contributed by atoms with Gasteiger partial charge in [-0.05, 0) is 64.7 Å². The predicted octanol–water partition coefficient (Wildman–Crippen LogP) is 14.4. The van der Waals surface area contributed by atoms with Crippen molar-refractivity contribution in [2.75, 3.05) is 0 Å². The number of nitrogens with zero attached hydrogens (tertiary/aromatic N) is 5. The second-order valence-electron chi connectivity index (χ2n) is 15.6. The van der Waals surface area contributed by atoms with E-state index >= 15 is 0 Å². The third-order valence-corrected chi connectivity index (χ3v) is 12.0. The summed E-state index contributed by atoms with van der Waals surface area (Å²) in [5, 5.41) is 4.73. The molecule has 0 amide bonds. The third-order valence-electron chi connectivity index (χ3n) is 12.0. The highest BCUT2D eigenvalue weighted by molar-refractivity contribution is 6.24. The maximum atomic E-state index is 5.22. The average molecular weight is 792 g/mol. The first-order valence-electron chi connectivity index (χ1n) is 21.0. The molecule has 0 spiro atoms. The quantitative estimate of drug-likeness (QED) is 0.162. The predicted molar refractivity (Wildman–Crippen MR) is 256 cm³/mol. The van der Waals surface area contributed by atoms with E-state index in [9.17, 15) is 0 Å². The number of para-hydroxylation sites is 3. The lowest BCUT2D eigenvalue weighted by atomic mass is 9.99. The molecule has 3 aromatic heterocycles. The highest BCUT2D eigenvalue weighted by atomic mass is 15.1. The van der Waals surface area contributed by atoms with E-state index in [0.717, 1.165) is 55.7 Å². The molecule has 0 aliphatic rings.